The number of pyridine rings is 1. The maximum Gasteiger partial charge on any atom is 0.228 e. The van der Waals surface area contributed by atoms with Gasteiger partial charge in [0.05, 0.1) is 5.52 Å². The van der Waals surface area contributed by atoms with Gasteiger partial charge < -0.3 is 15.2 Å². The van der Waals surface area contributed by atoms with E-state index in [4.69, 9.17) is 16.1 Å². The molecule has 7 nitrogen and oxygen atoms in total. The van der Waals surface area contributed by atoms with Crippen molar-refractivity contribution >= 4 is 28.5 Å². The molecule has 30 heavy (non-hydrogen) atoms. The van der Waals surface area contributed by atoms with Crippen LogP contribution in [0.3, 0.4) is 0 Å². The topological polar surface area (TPSA) is 88.2 Å². The molecule has 4 aromatic rings. The molecule has 2 heterocycles. The van der Waals surface area contributed by atoms with Crippen LogP contribution >= 0.6 is 11.6 Å². The molecule has 0 aliphatic carbocycles. The smallest absolute Gasteiger partial charge is 0.228 e. The summed E-state index contributed by atoms with van der Waals surface area (Å²) in [5.41, 5.74) is 3.00. The fraction of sp³-hybridized carbons (Fsp3) is 0.182. The highest BCUT2D eigenvalue weighted by Crippen LogP contribution is 2.19. The van der Waals surface area contributed by atoms with Crippen molar-refractivity contribution < 1.29 is 4.52 Å². The third-order valence-electron chi connectivity index (χ3n) is 4.61. The quantitative estimate of drug-likeness (QED) is 0.364. The van der Waals surface area contributed by atoms with Crippen molar-refractivity contribution in [2.45, 2.75) is 13.0 Å². The Morgan fingerprint density at radius 3 is 2.73 bits per heavy atom. The van der Waals surface area contributed by atoms with E-state index in [9.17, 15) is 0 Å². The average molecular weight is 421 g/mol. The number of para-hydroxylation sites is 1. The summed E-state index contributed by atoms with van der Waals surface area (Å²) in [5.74, 6) is 1.81. The van der Waals surface area contributed by atoms with Crippen molar-refractivity contribution in [2.75, 3.05) is 13.6 Å². The lowest BCUT2D eigenvalue weighted by Crippen LogP contribution is -2.37. The van der Waals surface area contributed by atoms with Crippen LogP contribution in [0.1, 0.15) is 11.5 Å². The third-order valence-corrected chi connectivity index (χ3v) is 4.86. The van der Waals surface area contributed by atoms with Crippen molar-refractivity contribution in [3.8, 4) is 11.4 Å². The fourth-order valence-corrected chi connectivity index (χ4v) is 3.20. The van der Waals surface area contributed by atoms with Gasteiger partial charge in [-0.2, -0.15) is 4.98 Å². The summed E-state index contributed by atoms with van der Waals surface area (Å²) < 4.78 is 5.34. The third kappa shape index (κ3) is 4.75. The maximum absolute atomic E-state index is 5.92. The van der Waals surface area contributed by atoms with Crippen molar-refractivity contribution in [3.63, 3.8) is 0 Å². The number of fused-ring (bicyclic) bond motifs is 1. The van der Waals surface area contributed by atoms with Crippen LogP contribution in [-0.2, 0) is 13.0 Å². The number of rotatable bonds is 6. The number of hydrogen-bond acceptors (Lipinski definition) is 5. The molecule has 0 saturated heterocycles. The Morgan fingerprint density at radius 2 is 1.90 bits per heavy atom. The molecule has 4 rings (SSSR count). The highest BCUT2D eigenvalue weighted by Gasteiger charge is 2.09. The van der Waals surface area contributed by atoms with Gasteiger partial charge in [-0.15, -0.1) is 0 Å². The van der Waals surface area contributed by atoms with E-state index in [0.29, 0.717) is 42.2 Å². The average Bonchev–Trinajstić information content (AvgIpc) is 3.25. The number of aromatic nitrogens is 3. The molecule has 152 valence electrons. The minimum absolute atomic E-state index is 0.550. The van der Waals surface area contributed by atoms with Gasteiger partial charge in [-0.3, -0.25) is 9.98 Å². The second kappa shape index (κ2) is 9.37. The first-order valence-corrected chi connectivity index (χ1v) is 9.96. The normalized spacial score (nSPS) is 11.6. The number of halogens is 1. The standard InChI is InChI=1S/C22H21ClN6O/c1-24-22(27-14-16-10-12-25-19-5-3-2-4-18(16)19)26-13-11-20-28-21(29-30-20)15-6-8-17(23)9-7-15/h2-10,12H,11,13-14H2,1H3,(H2,24,26,27). The molecule has 0 amide bonds. The fourth-order valence-electron chi connectivity index (χ4n) is 3.07. The van der Waals surface area contributed by atoms with E-state index in [2.05, 4.69) is 36.8 Å². The number of nitrogens with one attached hydrogen (secondary N) is 2. The Morgan fingerprint density at radius 1 is 1.07 bits per heavy atom. The molecule has 2 aromatic heterocycles. The van der Waals surface area contributed by atoms with Crippen molar-refractivity contribution in [2.24, 2.45) is 4.99 Å². The maximum atomic E-state index is 5.92. The van der Waals surface area contributed by atoms with Gasteiger partial charge in [-0.1, -0.05) is 35.0 Å². The van der Waals surface area contributed by atoms with Crippen LogP contribution in [0.4, 0.5) is 0 Å². The summed E-state index contributed by atoms with van der Waals surface area (Å²) in [4.78, 5) is 13.1. The van der Waals surface area contributed by atoms with E-state index < -0.39 is 0 Å². The van der Waals surface area contributed by atoms with E-state index in [1.165, 1.54) is 0 Å². The summed E-state index contributed by atoms with van der Waals surface area (Å²) >= 11 is 5.92. The van der Waals surface area contributed by atoms with Crippen LogP contribution in [0.5, 0.6) is 0 Å². The number of guanidine groups is 1. The van der Waals surface area contributed by atoms with Gasteiger partial charge in [0.25, 0.3) is 0 Å². The molecule has 0 aliphatic rings. The van der Waals surface area contributed by atoms with Crippen LogP contribution in [0.25, 0.3) is 22.3 Å². The second-order valence-corrected chi connectivity index (χ2v) is 7.04. The van der Waals surface area contributed by atoms with Gasteiger partial charge in [-0.05, 0) is 42.0 Å². The predicted molar refractivity (Wildman–Crippen MR) is 118 cm³/mol. The molecule has 2 aromatic carbocycles. The van der Waals surface area contributed by atoms with E-state index in [1.807, 2.05) is 42.6 Å². The van der Waals surface area contributed by atoms with Gasteiger partial charge in [0.1, 0.15) is 0 Å². The van der Waals surface area contributed by atoms with Crippen LogP contribution in [0, 0.1) is 0 Å². The molecular weight excluding hydrogens is 400 g/mol. The first kappa shape index (κ1) is 19.8. The number of nitrogens with zero attached hydrogens (tertiary/aromatic N) is 4. The largest absolute Gasteiger partial charge is 0.356 e. The van der Waals surface area contributed by atoms with E-state index in [-0.39, 0.29) is 0 Å². The first-order valence-electron chi connectivity index (χ1n) is 9.58. The highest BCUT2D eigenvalue weighted by atomic mass is 35.5. The van der Waals surface area contributed by atoms with Gasteiger partial charge in [0.2, 0.25) is 11.7 Å². The monoisotopic (exact) mass is 420 g/mol. The lowest BCUT2D eigenvalue weighted by Gasteiger charge is -2.12. The summed E-state index contributed by atoms with van der Waals surface area (Å²) in [5, 5.41) is 12.4. The second-order valence-electron chi connectivity index (χ2n) is 6.61. The Labute approximate surface area is 179 Å². The van der Waals surface area contributed by atoms with Crippen LogP contribution in [0.15, 0.2) is 70.3 Å². The van der Waals surface area contributed by atoms with Crippen LogP contribution in [0.2, 0.25) is 5.02 Å². The zero-order chi connectivity index (χ0) is 20.8. The van der Waals surface area contributed by atoms with Crippen LogP contribution in [-0.4, -0.2) is 34.7 Å². The number of benzene rings is 2. The predicted octanol–water partition coefficient (Wildman–Crippen LogP) is 3.85. The molecule has 0 aliphatic heterocycles. The molecule has 0 atom stereocenters. The van der Waals surface area contributed by atoms with E-state index in [0.717, 1.165) is 22.0 Å². The summed E-state index contributed by atoms with van der Waals surface area (Å²) in [6.07, 6.45) is 2.41. The first-order chi connectivity index (χ1) is 14.7. The lowest BCUT2D eigenvalue weighted by molar-refractivity contribution is 0.378. The Balaban J connectivity index is 1.30. The molecule has 0 fully saturated rings. The Hall–Kier alpha value is -3.45. The summed E-state index contributed by atoms with van der Waals surface area (Å²) in [6, 6.07) is 17.4. The Kier molecular flexibility index (Phi) is 6.20. The molecular formula is C22H21ClN6O. The SMILES string of the molecule is CN=C(NCCc1nc(-c2ccc(Cl)cc2)no1)NCc1ccnc2ccccc12. The zero-order valence-electron chi connectivity index (χ0n) is 16.5. The van der Waals surface area contributed by atoms with Crippen molar-refractivity contribution in [3.05, 3.63) is 77.3 Å². The molecule has 8 heteroatoms. The highest BCUT2D eigenvalue weighted by molar-refractivity contribution is 6.30. The lowest BCUT2D eigenvalue weighted by atomic mass is 10.1. The van der Waals surface area contributed by atoms with Crippen LogP contribution < -0.4 is 10.6 Å². The minimum Gasteiger partial charge on any atom is -0.356 e. The van der Waals surface area contributed by atoms with Crippen molar-refractivity contribution in [1.82, 2.24) is 25.8 Å². The molecule has 2 N–H and O–H groups in total. The number of hydrogen-bond donors (Lipinski definition) is 2. The van der Waals surface area contributed by atoms with Gasteiger partial charge in [0, 0.05) is 48.7 Å². The number of aliphatic imine (C=N–C) groups is 1. The van der Waals surface area contributed by atoms with Gasteiger partial charge in [0.15, 0.2) is 5.96 Å². The molecule has 0 unspecified atom stereocenters. The molecule has 0 spiro atoms. The summed E-state index contributed by atoms with van der Waals surface area (Å²) in [7, 11) is 1.74. The molecule has 0 saturated carbocycles. The van der Waals surface area contributed by atoms with Crippen molar-refractivity contribution in [1.29, 1.82) is 0 Å². The Bertz CT molecular complexity index is 1150. The van der Waals surface area contributed by atoms with E-state index in [1.54, 1.807) is 19.2 Å². The molecule has 0 radical (unpaired) electrons. The van der Waals surface area contributed by atoms with Gasteiger partial charge >= 0.3 is 0 Å². The zero-order valence-corrected chi connectivity index (χ0v) is 17.2. The molecule has 0 bridgehead atoms. The minimum atomic E-state index is 0.550. The van der Waals surface area contributed by atoms with Gasteiger partial charge in [-0.25, -0.2) is 0 Å². The summed E-state index contributed by atoms with van der Waals surface area (Å²) in [6.45, 7) is 1.25. The van der Waals surface area contributed by atoms with E-state index >= 15 is 0 Å².